The van der Waals surface area contributed by atoms with Gasteiger partial charge in [-0.2, -0.15) is 0 Å². The van der Waals surface area contributed by atoms with E-state index in [1.807, 2.05) is 42.2 Å². The van der Waals surface area contributed by atoms with E-state index in [2.05, 4.69) is 10.4 Å². The Balaban J connectivity index is 1.78. The van der Waals surface area contributed by atoms with Gasteiger partial charge >= 0.3 is 0 Å². The maximum Gasteiger partial charge on any atom is 0.166 e. The number of para-hydroxylation sites is 1. The molecule has 0 fully saturated rings. The fourth-order valence-corrected chi connectivity index (χ4v) is 2.61. The summed E-state index contributed by atoms with van der Waals surface area (Å²) < 4.78 is 13.4. The average molecular weight is 288 g/mol. The second-order valence-electron chi connectivity index (χ2n) is 5.08. The van der Waals surface area contributed by atoms with Crippen molar-refractivity contribution in [2.45, 2.75) is 18.9 Å². The molecule has 112 valence electrons. The normalized spacial score (nSPS) is 15.0. The van der Waals surface area contributed by atoms with Crippen molar-refractivity contribution in [1.29, 1.82) is 0 Å². The molecule has 6 nitrogen and oxygen atoms in total. The molecule has 21 heavy (non-hydrogen) atoms. The lowest BCUT2D eigenvalue weighted by atomic mass is 10.0. The molecule has 1 unspecified atom stereocenters. The van der Waals surface area contributed by atoms with Crippen LogP contribution in [0.15, 0.2) is 30.6 Å². The Hall–Kier alpha value is -2.05. The van der Waals surface area contributed by atoms with Crippen molar-refractivity contribution in [3.63, 3.8) is 0 Å². The molecule has 0 saturated heterocycles. The fourth-order valence-electron chi connectivity index (χ4n) is 2.61. The predicted octanol–water partition coefficient (Wildman–Crippen LogP) is 1.33. The van der Waals surface area contributed by atoms with Crippen LogP contribution < -0.4 is 20.7 Å². The van der Waals surface area contributed by atoms with Crippen LogP contribution in [-0.4, -0.2) is 22.8 Å². The molecule has 1 aromatic heterocycles. The van der Waals surface area contributed by atoms with Crippen LogP contribution in [0.4, 0.5) is 0 Å². The molecule has 1 aliphatic heterocycles. The number of aromatic nitrogens is 2. The van der Waals surface area contributed by atoms with Crippen LogP contribution in [-0.2, 0) is 13.5 Å². The standard InChI is InChI=1S/C15H20N4O2/c1-19-8-7-17-14(19)6-5-12(18-16)11-3-2-4-13-15(11)21-10-9-20-13/h2-4,7-8,12,18H,5-6,9-10,16H2,1H3. The van der Waals surface area contributed by atoms with Gasteiger partial charge in [-0.1, -0.05) is 12.1 Å². The van der Waals surface area contributed by atoms with E-state index in [-0.39, 0.29) is 6.04 Å². The first-order chi connectivity index (χ1) is 10.3. The maximum absolute atomic E-state index is 5.76. The smallest absolute Gasteiger partial charge is 0.166 e. The van der Waals surface area contributed by atoms with Crippen molar-refractivity contribution in [2.75, 3.05) is 13.2 Å². The molecule has 0 saturated carbocycles. The first-order valence-corrected chi connectivity index (χ1v) is 7.10. The molecular formula is C15H20N4O2. The van der Waals surface area contributed by atoms with E-state index < -0.39 is 0 Å². The molecule has 2 aromatic rings. The van der Waals surface area contributed by atoms with Crippen LogP contribution in [0.5, 0.6) is 11.5 Å². The van der Waals surface area contributed by atoms with Crippen LogP contribution >= 0.6 is 0 Å². The van der Waals surface area contributed by atoms with Crippen molar-refractivity contribution in [3.8, 4) is 11.5 Å². The molecule has 1 aliphatic rings. The Kier molecular flexibility index (Phi) is 4.08. The number of hydrazine groups is 1. The molecule has 1 atom stereocenters. The summed E-state index contributed by atoms with van der Waals surface area (Å²) in [6, 6.07) is 5.91. The van der Waals surface area contributed by atoms with Crippen molar-refractivity contribution in [1.82, 2.24) is 15.0 Å². The molecular weight excluding hydrogens is 268 g/mol. The van der Waals surface area contributed by atoms with Crippen molar-refractivity contribution >= 4 is 0 Å². The highest BCUT2D eigenvalue weighted by Gasteiger charge is 2.21. The van der Waals surface area contributed by atoms with Gasteiger partial charge < -0.3 is 14.0 Å². The summed E-state index contributed by atoms with van der Waals surface area (Å²) in [7, 11) is 1.99. The summed E-state index contributed by atoms with van der Waals surface area (Å²) in [5.41, 5.74) is 3.91. The Morgan fingerprint density at radius 1 is 1.38 bits per heavy atom. The van der Waals surface area contributed by atoms with Crippen molar-refractivity contribution in [2.24, 2.45) is 12.9 Å². The Bertz CT molecular complexity index is 611. The van der Waals surface area contributed by atoms with E-state index in [0.29, 0.717) is 13.2 Å². The van der Waals surface area contributed by atoms with Gasteiger partial charge in [0, 0.05) is 31.4 Å². The third kappa shape index (κ3) is 2.86. The van der Waals surface area contributed by atoms with E-state index in [0.717, 1.165) is 35.7 Å². The fraction of sp³-hybridized carbons (Fsp3) is 0.400. The second-order valence-corrected chi connectivity index (χ2v) is 5.08. The summed E-state index contributed by atoms with van der Waals surface area (Å²) in [6.45, 7) is 1.16. The quantitative estimate of drug-likeness (QED) is 0.641. The number of rotatable bonds is 5. The molecule has 6 heteroatoms. The highest BCUT2D eigenvalue weighted by molar-refractivity contribution is 5.48. The molecule has 0 amide bonds. The van der Waals surface area contributed by atoms with E-state index >= 15 is 0 Å². The van der Waals surface area contributed by atoms with Gasteiger partial charge in [-0.3, -0.25) is 11.3 Å². The second kappa shape index (κ2) is 6.15. The Morgan fingerprint density at radius 3 is 3.00 bits per heavy atom. The van der Waals surface area contributed by atoms with Crippen LogP contribution in [0, 0.1) is 0 Å². The minimum absolute atomic E-state index is 0.00153. The zero-order valence-electron chi connectivity index (χ0n) is 12.1. The van der Waals surface area contributed by atoms with E-state index in [1.165, 1.54) is 0 Å². The van der Waals surface area contributed by atoms with E-state index in [4.69, 9.17) is 15.3 Å². The summed E-state index contributed by atoms with van der Waals surface area (Å²) in [5.74, 6) is 8.37. The summed E-state index contributed by atoms with van der Waals surface area (Å²) >= 11 is 0. The SMILES string of the molecule is Cn1ccnc1CCC(NN)c1cccc2c1OCCO2. The van der Waals surface area contributed by atoms with Crippen LogP contribution in [0.3, 0.4) is 0 Å². The molecule has 0 aliphatic carbocycles. The number of nitrogens with two attached hydrogens (primary N) is 1. The number of hydrogen-bond acceptors (Lipinski definition) is 5. The van der Waals surface area contributed by atoms with Gasteiger partial charge in [0.15, 0.2) is 11.5 Å². The zero-order chi connectivity index (χ0) is 14.7. The molecule has 0 bridgehead atoms. The number of nitrogens with zero attached hydrogens (tertiary/aromatic N) is 2. The largest absolute Gasteiger partial charge is 0.486 e. The number of nitrogens with one attached hydrogen (secondary N) is 1. The van der Waals surface area contributed by atoms with Crippen LogP contribution in [0.2, 0.25) is 0 Å². The minimum Gasteiger partial charge on any atom is -0.486 e. The number of fused-ring (bicyclic) bond motifs is 1. The lowest BCUT2D eigenvalue weighted by molar-refractivity contribution is 0.168. The highest BCUT2D eigenvalue weighted by atomic mass is 16.6. The highest BCUT2D eigenvalue weighted by Crippen LogP contribution is 2.37. The number of aryl methyl sites for hydroxylation is 2. The lowest BCUT2D eigenvalue weighted by Gasteiger charge is -2.25. The predicted molar refractivity (Wildman–Crippen MR) is 79.0 cm³/mol. The van der Waals surface area contributed by atoms with Crippen molar-refractivity contribution in [3.05, 3.63) is 42.0 Å². The maximum atomic E-state index is 5.76. The summed E-state index contributed by atoms with van der Waals surface area (Å²) in [6.07, 6.45) is 5.42. The number of ether oxygens (including phenoxy) is 2. The molecule has 3 N–H and O–H groups in total. The average Bonchev–Trinajstić information content (AvgIpc) is 2.93. The van der Waals surface area contributed by atoms with Gasteiger partial charge in [0.1, 0.15) is 19.0 Å². The van der Waals surface area contributed by atoms with Gasteiger partial charge in [0.25, 0.3) is 0 Å². The monoisotopic (exact) mass is 288 g/mol. The van der Waals surface area contributed by atoms with E-state index in [1.54, 1.807) is 0 Å². The zero-order valence-corrected chi connectivity index (χ0v) is 12.1. The summed E-state index contributed by atoms with van der Waals surface area (Å²) in [4.78, 5) is 4.34. The van der Waals surface area contributed by atoms with Gasteiger partial charge in [-0.05, 0) is 12.5 Å². The minimum atomic E-state index is -0.00153. The van der Waals surface area contributed by atoms with Gasteiger partial charge in [0.05, 0.1) is 6.04 Å². The first kappa shape index (κ1) is 13.9. The molecule has 2 heterocycles. The van der Waals surface area contributed by atoms with Crippen molar-refractivity contribution < 1.29 is 9.47 Å². The van der Waals surface area contributed by atoms with Crippen LogP contribution in [0.1, 0.15) is 23.9 Å². The van der Waals surface area contributed by atoms with E-state index in [9.17, 15) is 0 Å². The molecule has 3 rings (SSSR count). The Morgan fingerprint density at radius 2 is 2.24 bits per heavy atom. The number of imidazole rings is 1. The van der Waals surface area contributed by atoms with Crippen LogP contribution in [0.25, 0.3) is 0 Å². The Labute approximate surface area is 123 Å². The van der Waals surface area contributed by atoms with Gasteiger partial charge in [-0.15, -0.1) is 0 Å². The topological polar surface area (TPSA) is 74.3 Å². The van der Waals surface area contributed by atoms with Gasteiger partial charge in [0.2, 0.25) is 0 Å². The summed E-state index contributed by atoms with van der Waals surface area (Å²) in [5, 5.41) is 0. The third-order valence-electron chi connectivity index (χ3n) is 3.75. The van der Waals surface area contributed by atoms with Gasteiger partial charge in [-0.25, -0.2) is 4.98 Å². The number of benzene rings is 1. The molecule has 0 radical (unpaired) electrons. The number of hydrogen-bond donors (Lipinski definition) is 2. The lowest BCUT2D eigenvalue weighted by Crippen LogP contribution is -2.30. The first-order valence-electron chi connectivity index (χ1n) is 7.10. The molecule has 0 spiro atoms. The third-order valence-corrected chi connectivity index (χ3v) is 3.75. The molecule has 1 aromatic carbocycles.